The summed E-state index contributed by atoms with van der Waals surface area (Å²) in [6.45, 7) is 2.19. The van der Waals surface area contributed by atoms with Crippen LogP contribution in [-0.2, 0) is 24.1 Å². The van der Waals surface area contributed by atoms with Crippen molar-refractivity contribution in [3.63, 3.8) is 0 Å². The highest BCUT2D eigenvalue weighted by atomic mass is 16.4. The molecule has 4 nitrogen and oxygen atoms in total. The molecule has 0 radical (unpaired) electrons. The first kappa shape index (κ1) is 12.1. The number of aliphatic carboxylic acids is 1. The van der Waals surface area contributed by atoms with Crippen molar-refractivity contribution in [1.29, 1.82) is 0 Å². The van der Waals surface area contributed by atoms with Gasteiger partial charge in [0, 0.05) is 18.5 Å². The van der Waals surface area contributed by atoms with Gasteiger partial charge >= 0.3 is 5.97 Å². The normalized spacial score (nSPS) is 19.0. The molecule has 1 aromatic heterocycles. The van der Waals surface area contributed by atoms with Gasteiger partial charge in [0.05, 0.1) is 11.6 Å². The van der Waals surface area contributed by atoms with Crippen molar-refractivity contribution in [3.05, 3.63) is 17.2 Å². The first-order chi connectivity index (χ1) is 8.20. The fourth-order valence-corrected chi connectivity index (χ4v) is 2.41. The van der Waals surface area contributed by atoms with Crippen molar-refractivity contribution in [2.75, 3.05) is 0 Å². The second-order valence-corrected chi connectivity index (χ2v) is 4.84. The average molecular weight is 236 g/mol. The third-order valence-corrected chi connectivity index (χ3v) is 3.46. The standard InChI is InChI=1S/C13H20N2O2/c1-2-3-4-5-12-14-10-7-6-9(13(16)17)8-11(10)15-12/h9H,2-8H2,1H3,(H,14,15)(H,16,17). The molecule has 0 amide bonds. The second kappa shape index (κ2) is 5.34. The summed E-state index contributed by atoms with van der Waals surface area (Å²) in [7, 11) is 0. The van der Waals surface area contributed by atoms with E-state index in [1.54, 1.807) is 0 Å². The average Bonchev–Trinajstić information content (AvgIpc) is 2.70. The smallest absolute Gasteiger partial charge is 0.306 e. The van der Waals surface area contributed by atoms with Crippen molar-refractivity contribution in [2.24, 2.45) is 5.92 Å². The van der Waals surface area contributed by atoms with E-state index in [9.17, 15) is 4.79 Å². The molecule has 1 aliphatic rings. The van der Waals surface area contributed by atoms with E-state index in [-0.39, 0.29) is 5.92 Å². The van der Waals surface area contributed by atoms with Crippen LogP contribution in [0.4, 0.5) is 0 Å². The van der Waals surface area contributed by atoms with E-state index >= 15 is 0 Å². The van der Waals surface area contributed by atoms with Gasteiger partial charge in [0.15, 0.2) is 0 Å². The summed E-state index contributed by atoms with van der Waals surface area (Å²) in [6, 6.07) is 0. The van der Waals surface area contributed by atoms with Crippen LogP contribution in [0.15, 0.2) is 0 Å². The van der Waals surface area contributed by atoms with Crippen LogP contribution in [0.2, 0.25) is 0 Å². The van der Waals surface area contributed by atoms with E-state index in [0.717, 1.165) is 42.9 Å². The maximum Gasteiger partial charge on any atom is 0.306 e. The first-order valence-electron chi connectivity index (χ1n) is 6.50. The lowest BCUT2D eigenvalue weighted by Gasteiger charge is -2.16. The maximum absolute atomic E-state index is 10.9. The van der Waals surface area contributed by atoms with Crippen LogP contribution in [0.1, 0.15) is 49.8 Å². The van der Waals surface area contributed by atoms with Crippen LogP contribution in [0, 0.1) is 5.92 Å². The molecule has 1 aromatic rings. The number of unbranched alkanes of at least 4 members (excludes halogenated alkanes) is 2. The Balaban J connectivity index is 1.99. The zero-order valence-electron chi connectivity index (χ0n) is 10.3. The van der Waals surface area contributed by atoms with Crippen molar-refractivity contribution in [3.8, 4) is 0 Å². The molecule has 0 aromatic carbocycles. The molecule has 0 aliphatic heterocycles. The number of rotatable bonds is 5. The molecule has 17 heavy (non-hydrogen) atoms. The number of nitrogens with one attached hydrogen (secondary N) is 1. The molecule has 0 spiro atoms. The Morgan fingerprint density at radius 1 is 1.53 bits per heavy atom. The molecule has 1 atom stereocenters. The van der Waals surface area contributed by atoms with Crippen molar-refractivity contribution >= 4 is 5.97 Å². The molecular weight excluding hydrogens is 216 g/mol. The van der Waals surface area contributed by atoms with E-state index in [4.69, 9.17) is 5.11 Å². The molecule has 0 bridgehead atoms. The highest BCUT2D eigenvalue weighted by Gasteiger charge is 2.26. The first-order valence-corrected chi connectivity index (χ1v) is 6.50. The Morgan fingerprint density at radius 3 is 3.06 bits per heavy atom. The lowest BCUT2D eigenvalue weighted by atomic mass is 9.90. The molecule has 1 heterocycles. The Morgan fingerprint density at radius 2 is 2.35 bits per heavy atom. The number of fused-ring (bicyclic) bond motifs is 1. The van der Waals surface area contributed by atoms with Gasteiger partial charge in [-0.3, -0.25) is 4.79 Å². The van der Waals surface area contributed by atoms with Gasteiger partial charge in [0.1, 0.15) is 5.82 Å². The lowest BCUT2D eigenvalue weighted by molar-refractivity contribution is -0.142. The van der Waals surface area contributed by atoms with E-state index in [1.807, 2.05) is 0 Å². The van der Waals surface area contributed by atoms with Crippen LogP contribution in [0.25, 0.3) is 0 Å². The van der Waals surface area contributed by atoms with Crippen molar-refractivity contribution < 1.29 is 9.90 Å². The molecule has 1 unspecified atom stereocenters. The summed E-state index contributed by atoms with van der Waals surface area (Å²) in [4.78, 5) is 18.8. The van der Waals surface area contributed by atoms with Crippen LogP contribution in [-0.4, -0.2) is 21.0 Å². The van der Waals surface area contributed by atoms with E-state index in [2.05, 4.69) is 16.9 Å². The zero-order valence-corrected chi connectivity index (χ0v) is 10.3. The Labute approximate surface area is 101 Å². The summed E-state index contributed by atoms with van der Waals surface area (Å²) in [5.41, 5.74) is 2.14. The number of aromatic amines is 1. The number of aryl methyl sites for hydroxylation is 2. The quantitative estimate of drug-likeness (QED) is 0.771. The van der Waals surface area contributed by atoms with Crippen LogP contribution in [0.5, 0.6) is 0 Å². The van der Waals surface area contributed by atoms with Gasteiger partial charge in [-0.25, -0.2) is 4.98 Å². The molecule has 94 valence electrons. The van der Waals surface area contributed by atoms with Gasteiger partial charge in [0.2, 0.25) is 0 Å². The topological polar surface area (TPSA) is 66.0 Å². The molecule has 0 saturated heterocycles. The number of hydrogen-bond acceptors (Lipinski definition) is 2. The minimum Gasteiger partial charge on any atom is -0.481 e. The number of H-pyrrole nitrogens is 1. The fraction of sp³-hybridized carbons (Fsp3) is 0.692. The SMILES string of the molecule is CCCCCc1nc2c([nH]1)CC(C(=O)O)CC2. The highest BCUT2D eigenvalue weighted by molar-refractivity contribution is 5.70. The number of carbonyl (C=O) groups is 1. The van der Waals surface area contributed by atoms with Crippen LogP contribution >= 0.6 is 0 Å². The third-order valence-electron chi connectivity index (χ3n) is 3.46. The summed E-state index contributed by atoms with van der Waals surface area (Å²) >= 11 is 0. The molecule has 2 N–H and O–H groups in total. The Kier molecular flexibility index (Phi) is 3.82. The van der Waals surface area contributed by atoms with E-state index in [0.29, 0.717) is 6.42 Å². The number of hydrogen-bond donors (Lipinski definition) is 2. The van der Waals surface area contributed by atoms with Gasteiger partial charge in [-0.2, -0.15) is 0 Å². The predicted molar refractivity (Wildman–Crippen MR) is 65.0 cm³/mol. The Bertz CT molecular complexity index is 398. The highest BCUT2D eigenvalue weighted by Crippen LogP contribution is 2.24. The third kappa shape index (κ3) is 2.87. The molecular formula is C13H20N2O2. The number of carboxylic acid groups (broad SMARTS) is 1. The van der Waals surface area contributed by atoms with Gasteiger partial charge in [0.25, 0.3) is 0 Å². The maximum atomic E-state index is 10.9. The van der Waals surface area contributed by atoms with Gasteiger partial charge in [-0.05, 0) is 19.3 Å². The van der Waals surface area contributed by atoms with E-state index in [1.165, 1.54) is 12.8 Å². The molecule has 0 saturated carbocycles. The lowest BCUT2D eigenvalue weighted by Crippen LogP contribution is -2.22. The summed E-state index contributed by atoms with van der Waals surface area (Å²) in [5.74, 6) is 0.124. The second-order valence-electron chi connectivity index (χ2n) is 4.84. The minimum absolute atomic E-state index is 0.230. The molecule has 0 fully saturated rings. The van der Waals surface area contributed by atoms with Gasteiger partial charge in [-0.15, -0.1) is 0 Å². The number of nitrogens with zero attached hydrogens (tertiary/aromatic N) is 1. The molecule has 4 heteroatoms. The zero-order chi connectivity index (χ0) is 12.3. The number of aromatic nitrogens is 2. The minimum atomic E-state index is -0.683. The van der Waals surface area contributed by atoms with Crippen LogP contribution < -0.4 is 0 Å². The summed E-state index contributed by atoms with van der Waals surface area (Å²) in [6.07, 6.45) is 6.72. The predicted octanol–water partition coefficient (Wildman–Crippen LogP) is 2.33. The number of carboxylic acids is 1. The molecule has 2 rings (SSSR count). The largest absolute Gasteiger partial charge is 0.481 e. The summed E-state index contributed by atoms with van der Waals surface area (Å²) in [5, 5.41) is 9.01. The Hall–Kier alpha value is -1.32. The van der Waals surface area contributed by atoms with Crippen molar-refractivity contribution in [2.45, 2.75) is 51.9 Å². The van der Waals surface area contributed by atoms with Gasteiger partial charge in [-0.1, -0.05) is 19.8 Å². The monoisotopic (exact) mass is 236 g/mol. The fourth-order valence-electron chi connectivity index (χ4n) is 2.41. The summed E-state index contributed by atoms with van der Waals surface area (Å²) < 4.78 is 0. The van der Waals surface area contributed by atoms with Gasteiger partial charge < -0.3 is 10.1 Å². The molecule has 1 aliphatic carbocycles. The van der Waals surface area contributed by atoms with Crippen molar-refractivity contribution in [1.82, 2.24) is 9.97 Å². The van der Waals surface area contributed by atoms with Crippen LogP contribution in [0.3, 0.4) is 0 Å². The number of imidazole rings is 1. The van der Waals surface area contributed by atoms with E-state index < -0.39 is 5.97 Å².